The van der Waals surface area contributed by atoms with Gasteiger partial charge < -0.3 is 18.9 Å². The molecule has 1 heterocycles. The Labute approximate surface area is 196 Å². The lowest BCUT2D eigenvalue weighted by atomic mass is 10.1. The fourth-order valence-corrected chi connectivity index (χ4v) is 3.54. The molecule has 3 aromatic rings. The highest BCUT2D eigenvalue weighted by atomic mass is 16.7. The molecule has 3 aromatic carbocycles. The molecule has 0 radical (unpaired) electrons. The van der Waals surface area contributed by atoms with E-state index in [0.29, 0.717) is 40.5 Å². The highest BCUT2D eigenvalue weighted by Gasteiger charge is 2.21. The summed E-state index contributed by atoms with van der Waals surface area (Å²) in [4.78, 5) is 23.2. The van der Waals surface area contributed by atoms with Crippen LogP contribution in [0.2, 0.25) is 0 Å². The van der Waals surface area contributed by atoms with Gasteiger partial charge in [0.15, 0.2) is 24.1 Å². The van der Waals surface area contributed by atoms with Gasteiger partial charge in [0.05, 0.1) is 18.1 Å². The predicted octanol–water partition coefficient (Wildman–Crippen LogP) is 5.34. The number of rotatable bonds is 9. The van der Waals surface area contributed by atoms with Crippen LogP contribution in [-0.2, 0) is 18.0 Å². The molecule has 4 rings (SSSR count). The molecule has 0 unspecified atom stereocenters. The van der Waals surface area contributed by atoms with Crippen molar-refractivity contribution in [2.75, 3.05) is 13.4 Å². The van der Waals surface area contributed by atoms with E-state index in [-0.39, 0.29) is 31.5 Å². The molecule has 0 fully saturated rings. The average Bonchev–Trinajstić information content (AvgIpc) is 2.87. The van der Waals surface area contributed by atoms with E-state index in [0.717, 1.165) is 5.56 Å². The van der Waals surface area contributed by atoms with Gasteiger partial charge >= 0.3 is 0 Å². The second kappa shape index (κ2) is 10.6. The first-order valence-electron chi connectivity index (χ1n) is 10.7. The molecule has 0 aliphatic carbocycles. The Balaban J connectivity index is 1.54. The van der Waals surface area contributed by atoms with Crippen molar-refractivity contribution in [3.63, 3.8) is 0 Å². The van der Waals surface area contributed by atoms with Gasteiger partial charge in [0.25, 0.3) is 5.69 Å². The Morgan fingerprint density at radius 3 is 2.68 bits per heavy atom. The number of allylic oxidation sites excluding steroid dienone is 1. The van der Waals surface area contributed by atoms with Gasteiger partial charge in [0.1, 0.15) is 12.4 Å². The van der Waals surface area contributed by atoms with Gasteiger partial charge in [0.2, 0.25) is 0 Å². The van der Waals surface area contributed by atoms with Gasteiger partial charge in [0, 0.05) is 28.8 Å². The summed E-state index contributed by atoms with van der Waals surface area (Å²) in [7, 11) is 0. The van der Waals surface area contributed by atoms with Gasteiger partial charge in [-0.25, -0.2) is 0 Å². The first-order valence-corrected chi connectivity index (χ1v) is 10.7. The van der Waals surface area contributed by atoms with Crippen molar-refractivity contribution < 1.29 is 28.7 Å². The minimum Gasteiger partial charge on any atom is -0.490 e. The lowest BCUT2D eigenvalue weighted by molar-refractivity contribution is -0.385. The number of carbonyl (C=O) groups is 1. The molecule has 0 saturated carbocycles. The van der Waals surface area contributed by atoms with Crippen molar-refractivity contribution in [1.82, 2.24) is 0 Å². The molecule has 34 heavy (non-hydrogen) atoms. The van der Waals surface area contributed by atoms with E-state index in [1.54, 1.807) is 36.4 Å². The molecular weight excluding hydrogens is 438 g/mol. The summed E-state index contributed by atoms with van der Waals surface area (Å²) in [6.45, 7) is 2.63. The molecule has 174 valence electrons. The van der Waals surface area contributed by atoms with E-state index in [1.165, 1.54) is 18.2 Å². The van der Waals surface area contributed by atoms with Crippen LogP contribution in [0.4, 0.5) is 5.69 Å². The first kappa shape index (κ1) is 23.0. The molecular formula is C26H23NO7. The van der Waals surface area contributed by atoms with Crippen molar-refractivity contribution in [3.05, 3.63) is 99.1 Å². The molecule has 8 nitrogen and oxygen atoms in total. The van der Waals surface area contributed by atoms with E-state index in [1.807, 2.05) is 25.1 Å². The number of hydrogen-bond acceptors (Lipinski definition) is 7. The molecule has 1 aliphatic rings. The van der Waals surface area contributed by atoms with E-state index in [2.05, 4.69) is 0 Å². The van der Waals surface area contributed by atoms with Crippen molar-refractivity contribution >= 4 is 17.5 Å². The average molecular weight is 461 g/mol. The number of nitrogens with zero attached hydrogens (tertiary/aromatic N) is 1. The smallest absolute Gasteiger partial charge is 0.270 e. The van der Waals surface area contributed by atoms with Crippen LogP contribution in [0.5, 0.6) is 17.2 Å². The second-order valence-corrected chi connectivity index (χ2v) is 7.45. The van der Waals surface area contributed by atoms with Gasteiger partial charge in [-0.1, -0.05) is 42.5 Å². The van der Waals surface area contributed by atoms with Crippen LogP contribution in [0.15, 0.2) is 66.7 Å². The number of nitro benzene ring substituents is 1. The first-order chi connectivity index (χ1) is 16.5. The van der Waals surface area contributed by atoms with Crippen LogP contribution in [0.3, 0.4) is 0 Å². The van der Waals surface area contributed by atoms with Gasteiger partial charge in [-0.2, -0.15) is 0 Å². The molecule has 8 heteroatoms. The highest BCUT2D eigenvalue weighted by Crippen LogP contribution is 2.35. The zero-order valence-electron chi connectivity index (χ0n) is 18.6. The fourth-order valence-electron chi connectivity index (χ4n) is 3.54. The number of ketones is 1. The number of non-ortho nitro benzene ring substituents is 1. The van der Waals surface area contributed by atoms with Crippen LogP contribution in [0.1, 0.15) is 34.0 Å². The van der Waals surface area contributed by atoms with Crippen LogP contribution < -0.4 is 14.2 Å². The predicted molar refractivity (Wildman–Crippen MR) is 125 cm³/mol. The SMILES string of the molecule is CCOc1cc(/C=C/C(=O)c2ccccc2)ccc1OCc1cc([N+](=O)[O-])cc2c1OCOC2. The summed E-state index contributed by atoms with van der Waals surface area (Å²) in [6.07, 6.45) is 3.22. The van der Waals surface area contributed by atoms with E-state index in [4.69, 9.17) is 18.9 Å². The number of carbonyl (C=O) groups excluding carboxylic acids is 1. The topological polar surface area (TPSA) is 97.1 Å². The highest BCUT2D eigenvalue weighted by molar-refractivity contribution is 6.06. The lowest BCUT2D eigenvalue weighted by Gasteiger charge is -2.21. The summed E-state index contributed by atoms with van der Waals surface area (Å²) < 4.78 is 22.5. The second-order valence-electron chi connectivity index (χ2n) is 7.45. The van der Waals surface area contributed by atoms with Crippen LogP contribution in [0.25, 0.3) is 6.08 Å². The third-order valence-electron chi connectivity index (χ3n) is 5.12. The van der Waals surface area contributed by atoms with Crippen LogP contribution in [0, 0.1) is 10.1 Å². The summed E-state index contributed by atoms with van der Waals surface area (Å²) in [5, 5.41) is 11.3. The Hall–Kier alpha value is -4.17. The maximum Gasteiger partial charge on any atom is 0.270 e. The Bertz CT molecular complexity index is 1220. The third kappa shape index (κ3) is 5.41. The van der Waals surface area contributed by atoms with Gasteiger partial charge in [-0.15, -0.1) is 0 Å². The summed E-state index contributed by atoms with van der Waals surface area (Å²) in [5.74, 6) is 1.41. The number of fused-ring (bicyclic) bond motifs is 1. The van der Waals surface area contributed by atoms with Gasteiger partial charge in [-0.3, -0.25) is 14.9 Å². The maximum atomic E-state index is 12.3. The quantitative estimate of drug-likeness (QED) is 0.184. The van der Waals surface area contributed by atoms with E-state index >= 15 is 0 Å². The van der Waals surface area contributed by atoms with Crippen molar-refractivity contribution in [3.8, 4) is 17.2 Å². The monoisotopic (exact) mass is 461 g/mol. The number of benzene rings is 3. The molecule has 1 aliphatic heterocycles. The molecule has 0 spiro atoms. The zero-order valence-corrected chi connectivity index (χ0v) is 18.6. The zero-order chi connectivity index (χ0) is 23.9. The van der Waals surface area contributed by atoms with Gasteiger partial charge in [-0.05, 0) is 30.7 Å². The van der Waals surface area contributed by atoms with Crippen LogP contribution >= 0.6 is 0 Å². The number of nitro groups is 1. The molecule has 0 aromatic heterocycles. The minimum atomic E-state index is -0.456. The van der Waals surface area contributed by atoms with Crippen molar-refractivity contribution in [2.24, 2.45) is 0 Å². The fraction of sp³-hybridized carbons (Fsp3) is 0.192. The minimum absolute atomic E-state index is 0.0474. The maximum absolute atomic E-state index is 12.3. The Morgan fingerprint density at radius 1 is 1.09 bits per heavy atom. The Kier molecular flexibility index (Phi) is 7.19. The largest absolute Gasteiger partial charge is 0.490 e. The van der Waals surface area contributed by atoms with Crippen molar-refractivity contribution in [2.45, 2.75) is 20.1 Å². The number of hydrogen-bond donors (Lipinski definition) is 0. The number of ether oxygens (including phenoxy) is 4. The lowest BCUT2D eigenvalue weighted by Crippen LogP contribution is -2.14. The summed E-state index contributed by atoms with van der Waals surface area (Å²) in [5.41, 5.74) is 2.48. The summed E-state index contributed by atoms with van der Waals surface area (Å²) in [6, 6.07) is 17.2. The molecule has 0 bridgehead atoms. The molecule has 0 amide bonds. The molecule has 0 N–H and O–H groups in total. The van der Waals surface area contributed by atoms with E-state index in [9.17, 15) is 14.9 Å². The normalized spacial score (nSPS) is 12.6. The Morgan fingerprint density at radius 2 is 1.91 bits per heavy atom. The van der Waals surface area contributed by atoms with E-state index < -0.39 is 4.92 Å². The molecule has 0 saturated heterocycles. The van der Waals surface area contributed by atoms with Crippen molar-refractivity contribution in [1.29, 1.82) is 0 Å². The third-order valence-corrected chi connectivity index (χ3v) is 5.12. The van der Waals surface area contributed by atoms with Crippen LogP contribution in [-0.4, -0.2) is 24.1 Å². The summed E-state index contributed by atoms with van der Waals surface area (Å²) >= 11 is 0. The standard InChI is InChI=1S/C26H23NO7/c1-2-32-25-12-18(8-10-23(28)19-6-4-3-5-7-19)9-11-24(25)33-16-21-14-22(27(29)30)13-20-15-31-17-34-26(20)21/h3-14H,2,15-17H2,1H3/b10-8+. The molecule has 0 atom stereocenters.